The smallest absolute Gasteiger partial charge is 0.0760 e. The van der Waals surface area contributed by atoms with E-state index in [0.29, 0.717) is 6.04 Å². The third-order valence-electron chi connectivity index (χ3n) is 4.28. The first-order valence-corrected chi connectivity index (χ1v) is 7.76. The molecule has 3 rings (SSSR count). The predicted molar refractivity (Wildman–Crippen MR) is 82.0 cm³/mol. The van der Waals surface area contributed by atoms with Gasteiger partial charge < -0.3 is 5.32 Å². The fraction of sp³-hybridized carbons (Fsp3) is 0.562. The van der Waals surface area contributed by atoms with Crippen molar-refractivity contribution in [2.24, 2.45) is 0 Å². The van der Waals surface area contributed by atoms with E-state index < -0.39 is 0 Å². The average Bonchev–Trinajstić information content (AvgIpc) is 3.17. The lowest BCUT2D eigenvalue weighted by molar-refractivity contribution is 0.458. The highest BCUT2D eigenvalue weighted by molar-refractivity contribution is 5.11. The van der Waals surface area contributed by atoms with E-state index in [1.807, 2.05) is 26.4 Å². The molecular formula is C16H23N5. The van der Waals surface area contributed by atoms with E-state index in [1.165, 1.54) is 25.7 Å². The van der Waals surface area contributed by atoms with Crippen LogP contribution in [0.5, 0.6) is 0 Å². The van der Waals surface area contributed by atoms with Gasteiger partial charge in [0.25, 0.3) is 0 Å². The van der Waals surface area contributed by atoms with Crippen LogP contribution in [0, 0.1) is 6.92 Å². The molecular weight excluding hydrogens is 262 g/mol. The van der Waals surface area contributed by atoms with Crippen molar-refractivity contribution in [1.82, 2.24) is 25.1 Å². The number of aromatic nitrogens is 4. The fourth-order valence-corrected chi connectivity index (χ4v) is 3.00. The minimum Gasteiger partial charge on any atom is -0.311 e. The first-order valence-electron chi connectivity index (χ1n) is 7.76. The van der Waals surface area contributed by atoms with Gasteiger partial charge in [0.15, 0.2) is 0 Å². The van der Waals surface area contributed by atoms with Crippen molar-refractivity contribution in [3.8, 4) is 0 Å². The van der Waals surface area contributed by atoms with Gasteiger partial charge in [-0.25, -0.2) is 0 Å². The highest BCUT2D eigenvalue weighted by atomic mass is 15.3. The van der Waals surface area contributed by atoms with Gasteiger partial charge in [0.05, 0.1) is 35.4 Å². The van der Waals surface area contributed by atoms with Crippen molar-refractivity contribution in [2.75, 3.05) is 7.05 Å². The van der Waals surface area contributed by atoms with Crippen LogP contribution >= 0.6 is 0 Å². The van der Waals surface area contributed by atoms with E-state index >= 15 is 0 Å². The molecule has 0 aromatic carbocycles. The molecule has 5 nitrogen and oxygen atoms in total. The maximum Gasteiger partial charge on any atom is 0.0760 e. The maximum absolute atomic E-state index is 4.75. The van der Waals surface area contributed by atoms with Crippen LogP contribution in [0.4, 0.5) is 0 Å². The Hall–Kier alpha value is -1.75. The van der Waals surface area contributed by atoms with E-state index in [9.17, 15) is 0 Å². The molecule has 2 aromatic heterocycles. The summed E-state index contributed by atoms with van der Waals surface area (Å²) in [6, 6.07) is 2.89. The zero-order valence-electron chi connectivity index (χ0n) is 12.8. The van der Waals surface area contributed by atoms with Gasteiger partial charge >= 0.3 is 0 Å². The Bertz CT molecular complexity index is 569. The van der Waals surface area contributed by atoms with E-state index in [0.717, 1.165) is 23.5 Å². The predicted octanol–water partition coefficient (Wildman–Crippen LogP) is 2.60. The van der Waals surface area contributed by atoms with Crippen LogP contribution in [0.25, 0.3) is 0 Å². The van der Waals surface area contributed by atoms with Crippen LogP contribution < -0.4 is 5.32 Å². The Labute approximate surface area is 125 Å². The van der Waals surface area contributed by atoms with E-state index in [-0.39, 0.29) is 6.04 Å². The normalized spacial score (nSPS) is 17.2. The van der Waals surface area contributed by atoms with Gasteiger partial charge in [0, 0.05) is 18.8 Å². The molecule has 0 saturated heterocycles. The monoisotopic (exact) mass is 285 g/mol. The molecule has 1 saturated carbocycles. The number of rotatable bonds is 5. The van der Waals surface area contributed by atoms with Gasteiger partial charge in [0.2, 0.25) is 0 Å². The first-order chi connectivity index (χ1) is 10.3. The van der Waals surface area contributed by atoms with Crippen LogP contribution in [-0.4, -0.2) is 26.8 Å². The summed E-state index contributed by atoms with van der Waals surface area (Å²) in [4.78, 5) is 8.80. The highest BCUT2D eigenvalue weighted by Gasteiger charge is 2.19. The van der Waals surface area contributed by atoms with Gasteiger partial charge in [-0.1, -0.05) is 12.8 Å². The van der Waals surface area contributed by atoms with Crippen LogP contribution in [0.15, 0.2) is 24.7 Å². The maximum atomic E-state index is 4.75. The van der Waals surface area contributed by atoms with Gasteiger partial charge in [-0.05, 0) is 32.9 Å². The number of hydrogen-bond donors (Lipinski definition) is 1. The SMILES string of the molecule is CNC(Cc1ccn(C2CCCC2)n1)c1cnc(C)cn1. The second-order valence-corrected chi connectivity index (χ2v) is 5.85. The average molecular weight is 285 g/mol. The van der Waals surface area contributed by atoms with Gasteiger partial charge in [-0.3, -0.25) is 14.6 Å². The summed E-state index contributed by atoms with van der Waals surface area (Å²) in [5.41, 5.74) is 3.03. The van der Waals surface area contributed by atoms with Crippen molar-refractivity contribution >= 4 is 0 Å². The number of nitrogens with zero attached hydrogens (tertiary/aromatic N) is 4. The number of nitrogens with one attached hydrogen (secondary N) is 1. The molecule has 0 radical (unpaired) electrons. The number of aryl methyl sites for hydroxylation is 1. The van der Waals surface area contributed by atoms with E-state index in [2.05, 4.69) is 32.2 Å². The Morgan fingerprint density at radius 2 is 2.10 bits per heavy atom. The summed E-state index contributed by atoms with van der Waals surface area (Å²) in [6.07, 6.45) is 11.8. The van der Waals surface area contributed by atoms with Crippen LogP contribution in [0.2, 0.25) is 0 Å². The molecule has 1 N–H and O–H groups in total. The van der Waals surface area contributed by atoms with Crippen molar-refractivity contribution in [1.29, 1.82) is 0 Å². The Kier molecular flexibility index (Phi) is 4.29. The summed E-state index contributed by atoms with van der Waals surface area (Å²) in [6.45, 7) is 1.95. The molecule has 1 atom stereocenters. The molecule has 0 aliphatic heterocycles. The summed E-state index contributed by atoms with van der Waals surface area (Å²) in [5.74, 6) is 0. The molecule has 21 heavy (non-hydrogen) atoms. The molecule has 1 aliphatic carbocycles. The summed E-state index contributed by atoms with van der Waals surface area (Å²) in [7, 11) is 1.96. The second-order valence-electron chi connectivity index (χ2n) is 5.85. The standard InChI is InChI=1S/C16H23N5/c1-12-10-19-16(11-18-12)15(17-2)9-13-7-8-21(20-13)14-5-3-4-6-14/h7-8,10-11,14-15,17H,3-6,9H2,1-2H3. The largest absolute Gasteiger partial charge is 0.311 e. The Morgan fingerprint density at radius 1 is 1.29 bits per heavy atom. The topological polar surface area (TPSA) is 55.6 Å². The zero-order valence-corrected chi connectivity index (χ0v) is 12.8. The Morgan fingerprint density at radius 3 is 2.76 bits per heavy atom. The molecule has 1 fully saturated rings. The lowest BCUT2D eigenvalue weighted by Gasteiger charge is -2.14. The second kappa shape index (κ2) is 6.35. The fourth-order valence-electron chi connectivity index (χ4n) is 3.00. The van der Waals surface area contributed by atoms with Crippen molar-refractivity contribution < 1.29 is 0 Å². The number of likely N-dealkylation sites (N-methyl/N-ethyl adjacent to an activating group) is 1. The molecule has 5 heteroatoms. The minimum absolute atomic E-state index is 0.157. The van der Waals surface area contributed by atoms with E-state index in [1.54, 1.807) is 0 Å². The molecule has 112 valence electrons. The van der Waals surface area contributed by atoms with Crippen LogP contribution in [0.1, 0.15) is 54.8 Å². The Balaban J connectivity index is 1.70. The van der Waals surface area contributed by atoms with E-state index in [4.69, 9.17) is 5.10 Å². The molecule has 2 heterocycles. The lowest BCUT2D eigenvalue weighted by Crippen LogP contribution is -2.20. The van der Waals surface area contributed by atoms with Crippen LogP contribution in [-0.2, 0) is 6.42 Å². The van der Waals surface area contributed by atoms with Gasteiger partial charge in [-0.2, -0.15) is 5.10 Å². The molecule has 0 bridgehead atoms. The summed E-state index contributed by atoms with van der Waals surface area (Å²) in [5, 5.41) is 8.06. The third kappa shape index (κ3) is 3.29. The molecule has 0 amide bonds. The van der Waals surface area contributed by atoms with Crippen molar-refractivity contribution in [3.05, 3.63) is 41.7 Å². The van der Waals surface area contributed by atoms with Crippen molar-refractivity contribution in [3.63, 3.8) is 0 Å². The highest BCUT2D eigenvalue weighted by Crippen LogP contribution is 2.29. The quantitative estimate of drug-likeness (QED) is 0.917. The minimum atomic E-state index is 0.157. The summed E-state index contributed by atoms with van der Waals surface area (Å²) < 4.78 is 2.15. The number of hydrogen-bond acceptors (Lipinski definition) is 4. The van der Waals surface area contributed by atoms with Crippen LogP contribution in [0.3, 0.4) is 0 Å². The van der Waals surface area contributed by atoms with Crippen molar-refractivity contribution in [2.45, 2.75) is 51.1 Å². The lowest BCUT2D eigenvalue weighted by atomic mass is 10.1. The molecule has 2 aromatic rings. The van der Waals surface area contributed by atoms with Gasteiger partial charge in [-0.15, -0.1) is 0 Å². The molecule has 1 aliphatic rings. The van der Waals surface area contributed by atoms with Gasteiger partial charge in [0.1, 0.15) is 0 Å². The summed E-state index contributed by atoms with van der Waals surface area (Å²) >= 11 is 0. The molecule has 0 spiro atoms. The molecule has 1 unspecified atom stereocenters. The third-order valence-corrected chi connectivity index (χ3v) is 4.28. The zero-order chi connectivity index (χ0) is 14.7. The first kappa shape index (κ1) is 14.2.